The molecule has 0 bridgehead atoms. The lowest BCUT2D eigenvalue weighted by molar-refractivity contribution is -0.367. The van der Waals surface area contributed by atoms with Gasteiger partial charge in [0, 0.05) is 0 Å². The van der Waals surface area contributed by atoms with E-state index in [-0.39, 0.29) is 6.29 Å². The fraction of sp³-hybridized carbons (Fsp3) is 0.944. The summed E-state index contributed by atoms with van der Waals surface area (Å²) < 4.78 is 21.1. The van der Waals surface area contributed by atoms with Crippen LogP contribution in [0.5, 0.6) is 0 Å². The summed E-state index contributed by atoms with van der Waals surface area (Å²) >= 11 is 0. The fourth-order valence-electron chi connectivity index (χ4n) is 3.60. The van der Waals surface area contributed by atoms with E-state index in [1.54, 1.807) is 0 Å². The molecule has 16 nitrogen and oxygen atoms in total. The second-order valence-corrected chi connectivity index (χ2v) is 7.97. The van der Waals surface area contributed by atoms with Crippen molar-refractivity contribution in [3.05, 3.63) is 0 Å². The highest BCUT2D eigenvalue weighted by atomic mass is 16.8. The van der Waals surface area contributed by atoms with Crippen LogP contribution in [0.25, 0.3) is 0 Å². The summed E-state index contributed by atoms with van der Waals surface area (Å²) in [7, 11) is 0. The van der Waals surface area contributed by atoms with E-state index in [4.69, 9.17) is 24.1 Å². The third kappa shape index (κ3) is 6.25. The smallest absolute Gasteiger partial charge is 0.187 e. The first-order chi connectivity index (χ1) is 16.0. The minimum absolute atomic E-state index is 0.0704. The summed E-state index contributed by atoms with van der Waals surface area (Å²) in [6.45, 7) is -2.64. The van der Waals surface area contributed by atoms with Crippen molar-refractivity contribution >= 4 is 6.29 Å². The number of aldehydes is 1. The Morgan fingerprint density at radius 2 is 1.32 bits per heavy atom. The molecule has 2 saturated heterocycles. The van der Waals surface area contributed by atoms with Crippen molar-refractivity contribution in [1.82, 2.24) is 0 Å². The number of rotatable bonds is 11. The van der Waals surface area contributed by atoms with Gasteiger partial charge in [0.1, 0.15) is 73.2 Å². The van der Waals surface area contributed by atoms with Gasteiger partial charge in [-0.25, -0.2) is 0 Å². The van der Waals surface area contributed by atoms with E-state index >= 15 is 0 Å². The van der Waals surface area contributed by atoms with Crippen molar-refractivity contribution in [3.8, 4) is 0 Å². The number of carbonyl (C=O) groups is 1. The van der Waals surface area contributed by atoms with Gasteiger partial charge in [-0.3, -0.25) is 0 Å². The minimum atomic E-state index is -2.08. The summed E-state index contributed by atoms with van der Waals surface area (Å²) in [6.07, 6.45) is -25.4. The average molecular weight is 510 g/mol. The molecule has 2 aliphatic rings. The summed E-state index contributed by atoms with van der Waals surface area (Å²) in [5.41, 5.74) is 0. The Kier molecular flexibility index (Phi) is 11.1. The monoisotopic (exact) mass is 510 g/mol. The molecule has 0 aromatic carbocycles. The highest BCUT2D eigenvalue weighted by Crippen LogP contribution is 2.30. The van der Waals surface area contributed by atoms with Crippen molar-refractivity contribution < 1.29 is 79.9 Å². The second kappa shape index (κ2) is 12.9. The molecule has 14 atom stereocenters. The van der Waals surface area contributed by atoms with E-state index < -0.39 is 106 Å². The van der Waals surface area contributed by atoms with Gasteiger partial charge in [0.2, 0.25) is 0 Å². The summed E-state index contributed by atoms with van der Waals surface area (Å²) in [5.74, 6) is 0. The number of carbonyl (C=O) groups excluding carboxylic acids is 1. The minimum Gasteiger partial charge on any atom is -0.394 e. The van der Waals surface area contributed by atoms with Crippen LogP contribution in [0.15, 0.2) is 0 Å². The lowest BCUT2D eigenvalue weighted by Crippen LogP contribution is -2.65. The van der Waals surface area contributed by atoms with Gasteiger partial charge in [0.15, 0.2) is 18.9 Å². The third-order valence-electron chi connectivity index (χ3n) is 5.64. The van der Waals surface area contributed by atoms with Gasteiger partial charge in [-0.2, -0.15) is 0 Å². The lowest BCUT2D eigenvalue weighted by Gasteiger charge is -2.46. The number of ether oxygens (including phenoxy) is 4. The van der Waals surface area contributed by atoms with Crippen LogP contribution in [0.1, 0.15) is 0 Å². The van der Waals surface area contributed by atoms with Crippen LogP contribution in [0, 0.1) is 0 Å². The Bertz CT molecular complexity index is 621. The molecule has 0 amide bonds. The SMILES string of the molecule is O=[13CH][13C@H](O)[13C@@H](O)[13C@H](O[C@@H]1O[C@H](CO)[C@H](O[C@@H]2O[C@H](CO)[C@H](O)[C@H](O)[C@H]2O)[C@H](O)[C@H]1O)[13C@H](O)[13CH2]O. The van der Waals surface area contributed by atoms with Gasteiger partial charge in [-0.15, -0.1) is 0 Å². The topological polar surface area (TPSA) is 277 Å². The molecule has 2 aliphatic heterocycles. The molecule has 0 saturated carbocycles. The Balaban J connectivity index is 2.17. The van der Waals surface area contributed by atoms with E-state index in [2.05, 4.69) is 0 Å². The van der Waals surface area contributed by atoms with Crippen LogP contribution in [0.3, 0.4) is 0 Å². The standard InChI is InChI=1S/C18H32O16/c19-1-5(23)9(25)15(6(24)2-20)33-18-14(30)12(28)16(8(4-22)32-18)34-17-13(29)11(27)10(26)7(3-21)31-17/h1,5-18,20-30H,2-4H2/t5-,6+,7+,8+,9+,10-,11-,12+,13+,14+,15+,16-,17-,18-/m0/s1/i1+1,2+1,5+1,6+1,9+1,15+1. The van der Waals surface area contributed by atoms with Crippen LogP contribution >= 0.6 is 0 Å². The molecule has 2 rings (SSSR count). The number of hydrogen-bond acceptors (Lipinski definition) is 16. The zero-order valence-electron chi connectivity index (χ0n) is 17.7. The largest absolute Gasteiger partial charge is 0.394 e. The molecule has 0 spiro atoms. The van der Waals surface area contributed by atoms with Crippen LogP contribution < -0.4 is 0 Å². The van der Waals surface area contributed by atoms with E-state index in [1.807, 2.05) is 0 Å². The highest BCUT2D eigenvalue weighted by molar-refractivity contribution is 5.56. The van der Waals surface area contributed by atoms with Gasteiger partial charge in [-0.1, -0.05) is 0 Å². The third-order valence-corrected chi connectivity index (χ3v) is 5.64. The second-order valence-electron chi connectivity index (χ2n) is 7.97. The number of aliphatic hydroxyl groups excluding tert-OH is 11. The van der Waals surface area contributed by atoms with E-state index in [1.165, 1.54) is 0 Å². The van der Waals surface area contributed by atoms with Crippen LogP contribution in [-0.2, 0) is 23.7 Å². The Hall–Kier alpha value is -0.930. The van der Waals surface area contributed by atoms with E-state index in [0.29, 0.717) is 0 Å². The molecule has 0 radical (unpaired) electrons. The molecule has 0 aromatic rings. The molecule has 0 aliphatic carbocycles. The number of aliphatic hydroxyl groups is 11. The average Bonchev–Trinajstić information content (AvgIpc) is 2.84. The lowest BCUT2D eigenvalue weighted by atomic mass is 9.97. The number of hydrogen-bond donors (Lipinski definition) is 11. The predicted octanol–water partition coefficient (Wildman–Crippen LogP) is -7.73. The molecule has 16 heteroatoms. The van der Waals surface area contributed by atoms with Crippen LogP contribution in [0.2, 0.25) is 0 Å². The maximum atomic E-state index is 10.8. The quantitative estimate of drug-likeness (QED) is 0.0909. The maximum Gasteiger partial charge on any atom is 0.187 e. The molecule has 200 valence electrons. The maximum absolute atomic E-state index is 10.8. The fourth-order valence-corrected chi connectivity index (χ4v) is 3.60. The molecule has 0 aromatic heterocycles. The highest BCUT2D eigenvalue weighted by Gasteiger charge is 2.51. The van der Waals surface area contributed by atoms with Gasteiger partial charge < -0.3 is 79.9 Å². The van der Waals surface area contributed by atoms with Crippen LogP contribution in [-0.4, -0.2) is 168 Å². The van der Waals surface area contributed by atoms with Gasteiger partial charge in [-0.05, 0) is 0 Å². The first-order valence-corrected chi connectivity index (χ1v) is 10.4. The zero-order valence-corrected chi connectivity index (χ0v) is 17.7. The Morgan fingerprint density at radius 1 is 0.765 bits per heavy atom. The van der Waals surface area contributed by atoms with Crippen molar-refractivity contribution in [3.63, 3.8) is 0 Å². The summed E-state index contributed by atoms with van der Waals surface area (Å²) in [6, 6.07) is 0. The van der Waals surface area contributed by atoms with Crippen molar-refractivity contribution in [2.45, 2.75) is 85.8 Å². The van der Waals surface area contributed by atoms with Crippen molar-refractivity contribution in [2.24, 2.45) is 0 Å². The van der Waals surface area contributed by atoms with E-state index in [0.717, 1.165) is 0 Å². The van der Waals surface area contributed by atoms with Gasteiger partial charge in [0.05, 0.1) is 19.8 Å². The predicted molar refractivity (Wildman–Crippen MR) is 102 cm³/mol. The molecular formula is C18H32O16. The molecule has 0 unspecified atom stereocenters. The molecule has 2 fully saturated rings. The van der Waals surface area contributed by atoms with Crippen molar-refractivity contribution in [2.75, 3.05) is 19.8 Å². The summed E-state index contributed by atoms with van der Waals surface area (Å²) in [4.78, 5) is 10.8. The van der Waals surface area contributed by atoms with Crippen LogP contribution in [0.4, 0.5) is 0 Å². The molecule has 2 heterocycles. The molecule has 34 heavy (non-hydrogen) atoms. The first-order valence-electron chi connectivity index (χ1n) is 10.4. The zero-order chi connectivity index (χ0) is 25.7. The molecular weight excluding hydrogens is 478 g/mol. The van der Waals surface area contributed by atoms with Crippen molar-refractivity contribution in [1.29, 1.82) is 0 Å². The van der Waals surface area contributed by atoms with Gasteiger partial charge >= 0.3 is 0 Å². The summed E-state index contributed by atoms with van der Waals surface area (Å²) in [5, 5.41) is 108. The van der Waals surface area contributed by atoms with E-state index in [9.17, 15) is 55.9 Å². The Labute approximate surface area is 192 Å². The first kappa shape index (κ1) is 29.3. The Morgan fingerprint density at radius 3 is 1.85 bits per heavy atom. The molecule has 11 N–H and O–H groups in total. The van der Waals surface area contributed by atoms with Gasteiger partial charge in [0.25, 0.3) is 0 Å². The normalized spacial score (nSPS) is 42.6.